The van der Waals surface area contributed by atoms with Gasteiger partial charge in [-0.3, -0.25) is 10.1 Å². The Morgan fingerprint density at radius 3 is 2.94 bits per heavy atom. The van der Waals surface area contributed by atoms with Crippen molar-refractivity contribution in [1.82, 2.24) is 5.32 Å². The Bertz CT molecular complexity index is 394. The molecule has 2 atom stereocenters. The van der Waals surface area contributed by atoms with E-state index in [1.54, 1.807) is 11.8 Å². The zero-order chi connectivity index (χ0) is 11.5. The van der Waals surface area contributed by atoms with Crippen molar-refractivity contribution in [1.29, 1.82) is 0 Å². The maximum absolute atomic E-state index is 10.9. The molecule has 0 aliphatic carbocycles. The molecule has 4 heteroatoms. The van der Waals surface area contributed by atoms with Crippen LogP contribution in [0.4, 0.5) is 0 Å². The number of thioether (sulfide) groups is 1. The van der Waals surface area contributed by atoms with Gasteiger partial charge in [-0.15, -0.1) is 11.8 Å². The summed E-state index contributed by atoms with van der Waals surface area (Å²) in [6.07, 6.45) is 0.979. The molecule has 0 spiro atoms. The van der Waals surface area contributed by atoms with Crippen molar-refractivity contribution in [3.05, 3.63) is 35.4 Å². The molecule has 1 aromatic rings. The van der Waals surface area contributed by atoms with E-state index in [1.165, 1.54) is 11.1 Å². The van der Waals surface area contributed by atoms with Crippen LogP contribution in [0.5, 0.6) is 0 Å². The van der Waals surface area contributed by atoms with Crippen molar-refractivity contribution in [3.8, 4) is 0 Å². The molecule has 1 heterocycles. The Labute approximate surface area is 99.2 Å². The third-order valence-corrected chi connectivity index (χ3v) is 4.05. The summed E-state index contributed by atoms with van der Waals surface area (Å²) >= 11 is 1.67. The van der Waals surface area contributed by atoms with Gasteiger partial charge in [0, 0.05) is 5.75 Å². The summed E-state index contributed by atoms with van der Waals surface area (Å²) in [5.41, 5.74) is 2.51. The minimum Gasteiger partial charge on any atom is -0.480 e. The van der Waals surface area contributed by atoms with Gasteiger partial charge in [-0.2, -0.15) is 0 Å². The molecule has 2 N–H and O–H groups in total. The second kappa shape index (κ2) is 4.89. The summed E-state index contributed by atoms with van der Waals surface area (Å²) in [7, 11) is 0. The first kappa shape index (κ1) is 11.5. The average molecular weight is 237 g/mol. The highest BCUT2D eigenvalue weighted by molar-refractivity contribution is 7.99. The number of carboxylic acid groups (broad SMARTS) is 1. The van der Waals surface area contributed by atoms with Crippen LogP contribution >= 0.6 is 11.8 Å². The van der Waals surface area contributed by atoms with E-state index in [-0.39, 0.29) is 5.37 Å². The van der Waals surface area contributed by atoms with Gasteiger partial charge in [-0.25, -0.2) is 0 Å². The average Bonchev–Trinajstić information content (AvgIpc) is 2.78. The molecule has 3 nitrogen and oxygen atoms in total. The Hall–Kier alpha value is -1.00. The van der Waals surface area contributed by atoms with Gasteiger partial charge in [-0.1, -0.05) is 31.2 Å². The van der Waals surface area contributed by atoms with Crippen LogP contribution in [0, 0.1) is 0 Å². The zero-order valence-corrected chi connectivity index (χ0v) is 9.96. The molecule has 2 unspecified atom stereocenters. The fourth-order valence-corrected chi connectivity index (χ4v) is 3.20. The molecular weight excluding hydrogens is 222 g/mol. The van der Waals surface area contributed by atoms with Crippen LogP contribution in [0.1, 0.15) is 23.4 Å². The lowest BCUT2D eigenvalue weighted by Gasteiger charge is -2.15. The van der Waals surface area contributed by atoms with Crippen molar-refractivity contribution in [2.24, 2.45) is 0 Å². The maximum Gasteiger partial charge on any atom is 0.321 e. The number of nitrogens with one attached hydrogen (secondary N) is 1. The highest BCUT2D eigenvalue weighted by Gasteiger charge is 2.30. The molecule has 0 bridgehead atoms. The fraction of sp³-hybridized carbons (Fsp3) is 0.417. The Morgan fingerprint density at radius 2 is 2.31 bits per heavy atom. The van der Waals surface area contributed by atoms with Crippen molar-refractivity contribution < 1.29 is 9.90 Å². The van der Waals surface area contributed by atoms with Gasteiger partial charge < -0.3 is 5.11 Å². The molecule has 1 fully saturated rings. The van der Waals surface area contributed by atoms with E-state index in [0.29, 0.717) is 5.75 Å². The predicted molar refractivity (Wildman–Crippen MR) is 65.6 cm³/mol. The van der Waals surface area contributed by atoms with Crippen LogP contribution in [0.3, 0.4) is 0 Å². The van der Waals surface area contributed by atoms with E-state index in [0.717, 1.165) is 6.42 Å². The number of benzene rings is 1. The van der Waals surface area contributed by atoms with Crippen molar-refractivity contribution in [3.63, 3.8) is 0 Å². The van der Waals surface area contributed by atoms with E-state index in [4.69, 9.17) is 5.11 Å². The SMILES string of the molecule is CCc1ccccc1C1NC(C(=O)O)CS1. The van der Waals surface area contributed by atoms with Crippen molar-refractivity contribution >= 4 is 17.7 Å². The standard InChI is InChI=1S/C12H15NO2S/c1-2-8-5-3-4-6-9(8)11-13-10(7-16-11)12(14)15/h3-6,10-11,13H,2,7H2,1H3,(H,14,15). The number of rotatable bonds is 3. The first-order chi connectivity index (χ1) is 7.72. The Morgan fingerprint density at radius 1 is 1.56 bits per heavy atom. The van der Waals surface area contributed by atoms with E-state index < -0.39 is 12.0 Å². The molecule has 2 rings (SSSR count). The number of carbonyl (C=O) groups is 1. The number of carboxylic acids is 1. The highest BCUT2D eigenvalue weighted by Crippen LogP contribution is 2.34. The lowest BCUT2D eigenvalue weighted by Crippen LogP contribution is -2.33. The van der Waals surface area contributed by atoms with E-state index >= 15 is 0 Å². The van der Waals surface area contributed by atoms with E-state index in [1.807, 2.05) is 12.1 Å². The molecule has 1 aliphatic rings. The van der Waals surface area contributed by atoms with Gasteiger partial charge in [-0.05, 0) is 17.5 Å². The van der Waals surface area contributed by atoms with Gasteiger partial charge in [0.1, 0.15) is 6.04 Å². The topological polar surface area (TPSA) is 49.3 Å². The lowest BCUT2D eigenvalue weighted by atomic mass is 10.1. The largest absolute Gasteiger partial charge is 0.480 e. The normalized spacial score (nSPS) is 24.6. The Balaban J connectivity index is 2.17. The summed E-state index contributed by atoms with van der Waals surface area (Å²) in [5, 5.41) is 12.2. The molecule has 16 heavy (non-hydrogen) atoms. The molecule has 0 saturated carbocycles. The minimum atomic E-state index is -0.760. The Kier molecular flexibility index (Phi) is 3.51. The van der Waals surface area contributed by atoms with Crippen LogP contribution in [0.15, 0.2) is 24.3 Å². The quantitative estimate of drug-likeness (QED) is 0.844. The lowest BCUT2D eigenvalue weighted by molar-refractivity contribution is -0.138. The first-order valence-electron chi connectivity index (χ1n) is 5.40. The molecule has 1 aliphatic heterocycles. The molecule has 0 radical (unpaired) electrons. The van der Waals surface area contributed by atoms with Crippen molar-refractivity contribution in [2.45, 2.75) is 24.8 Å². The molecular formula is C12H15NO2S. The number of aryl methyl sites for hydroxylation is 1. The second-order valence-corrected chi connectivity index (χ2v) is 4.96. The number of hydrogen-bond donors (Lipinski definition) is 2. The number of aliphatic carboxylic acids is 1. The minimum absolute atomic E-state index is 0.122. The molecule has 1 aromatic carbocycles. The van der Waals surface area contributed by atoms with Crippen LogP contribution in [-0.4, -0.2) is 22.9 Å². The van der Waals surface area contributed by atoms with Crippen LogP contribution in [0.25, 0.3) is 0 Å². The third kappa shape index (κ3) is 2.23. The van der Waals surface area contributed by atoms with Crippen LogP contribution in [-0.2, 0) is 11.2 Å². The van der Waals surface area contributed by atoms with E-state index in [2.05, 4.69) is 24.4 Å². The summed E-state index contributed by atoms with van der Waals surface area (Å²) in [5.74, 6) is -0.123. The number of hydrogen-bond acceptors (Lipinski definition) is 3. The fourth-order valence-electron chi connectivity index (χ4n) is 1.91. The van der Waals surface area contributed by atoms with Gasteiger partial charge in [0.25, 0.3) is 0 Å². The van der Waals surface area contributed by atoms with Crippen LogP contribution < -0.4 is 5.32 Å². The smallest absolute Gasteiger partial charge is 0.321 e. The molecule has 0 amide bonds. The highest BCUT2D eigenvalue weighted by atomic mass is 32.2. The second-order valence-electron chi connectivity index (χ2n) is 3.82. The van der Waals surface area contributed by atoms with Crippen molar-refractivity contribution in [2.75, 3.05) is 5.75 Å². The summed E-state index contributed by atoms with van der Waals surface area (Å²) < 4.78 is 0. The monoisotopic (exact) mass is 237 g/mol. The van der Waals surface area contributed by atoms with Gasteiger partial charge in [0.2, 0.25) is 0 Å². The summed E-state index contributed by atoms with van der Waals surface area (Å²) in [6.45, 7) is 2.12. The molecule has 0 aromatic heterocycles. The first-order valence-corrected chi connectivity index (χ1v) is 6.45. The van der Waals surface area contributed by atoms with Gasteiger partial charge >= 0.3 is 5.97 Å². The third-order valence-electron chi connectivity index (χ3n) is 2.80. The maximum atomic E-state index is 10.9. The van der Waals surface area contributed by atoms with E-state index in [9.17, 15) is 4.79 Å². The summed E-state index contributed by atoms with van der Waals surface area (Å²) in [6, 6.07) is 7.79. The van der Waals surface area contributed by atoms with Crippen LogP contribution in [0.2, 0.25) is 0 Å². The summed E-state index contributed by atoms with van der Waals surface area (Å²) in [4.78, 5) is 10.9. The predicted octanol–water partition coefficient (Wildman–Crippen LogP) is 2.04. The van der Waals surface area contributed by atoms with Gasteiger partial charge in [0.15, 0.2) is 0 Å². The molecule has 86 valence electrons. The van der Waals surface area contributed by atoms with Gasteiger partial charge in [0.05, 0.1) is 5.37 Å². The zero-order valence-electron chi connectivity index (χ0n) is 9.14. The molecule has 1 saturated heterocycles.